The molecule has 0 atom stereocenters. The number of methoxy groups -OCH3 is 1. The first-order valence-electron chi connectivity index (χ1n) is 18.6. The molecule has 7 aromatic carbocycles. The van der Waals surface area contributed by atoms with E-state index in [2.05, 4.69) is 5.04 Å². The zero-order valence-corrected chi connectivity index (χ0v) is 38.3. The minimum absolute atomic E-state index is 0.148. The Balaban J connectivity index is 0.00000133. The zero-order chi connectivity index (χ0) is 47.2. The van der Waals surface area contributed by atoms with E-state index in [-0.39, 0.29) is 31.1 Å². The Morgan fingerprint density at radius 2 is 1.03 bits per heavy atom. The highest BCUT2D eigenvalue weighted by atomic mass is 32.2. The van der Waals surface area contributed by atoms with Crippen LogP contribution >= 0.6 is 12.0 Å². The number of benzene rings is 7. The number of aryl methyl sites for hydroxylation is 1. The van der Waals surface area contributed by atoms with Gasteiger partial charge in [-0.15, -0.1) is 4.33 Å². The monoisotopic (exact) mass is 982 g/mol. The molecule has 0 aliphatic rings. The molecule has 0 heterocycles. The largest absolute Gasteiger partial charge is 0.497 e. The highest BCUT2D eigenvalue weighted by Gasteiger charge is 2.26. The molecule has 340 valence electrons. The Kier molecular flexibility index (Phi) is 15.0. The molecule has 0 saturated heterocycles. The van der Waals surface area contributed by atoms with Crippen LogP contribution in [0.5, 0.6) is 28.7 Å². The maximum Gasteiger partial charge on any atom is 0.298 e. The molecule has 0 radical (unpaired) electrons. The van der Waals surface area contributed by atoms with E-state index in [1.54, 1.807) is 60.7 Å². The summed E-state index contributed by atoms with van der Waals surface area (Å²) in [5.74, 6) is 1.41. The molecule has 65 heavy (non-hydrogen) atoms. The summed E-state index contributed by atoms with van der Waals surface area (Å²) in [5, 5.41) is 14.4. The van der Waals surface area contributed by atoms with Crippen molar-refractivity contribution in [3.8, 4) is 28.7 Å². The van der Waals surface area contributed by atoms with Crippen LogP contribution in [0.4, 0.5) is 0 Å². The van der Waals surface area contributed by atoms with Gasteiger partial charge in [0.1, 0.15) is 33.6 Å². The lowest BCUT2D eigenvalue weighted by Gasteiger charge is -2.14. The maximum absolute atomic E-state index is 13.9. The van der Waals surface area contributed by atoms with Crippen molar-refractivity contribution in [1.29, 1.82) is 0 Å². The second kappa shape index (κ2) is 20.1. The molecule has 0 aromatic heterocycles. The van der Waals surface area contributed by atoms with Crippen LogP contribution in [0.25, 0.3) is 10.8 Å². The number of sulfone groups is 2. The Morgan fingerprint density at radius 3 is 1.65 bits per heavy atom. The number of rotatable bonds is 15. The van der Waals surface area contributed by atoms with Crippen LogP contribution in [-0.4, -0.2) is 61.4 Å². The van der Waals surface area contributed by atoms with Crippen molar-refractivity contribution in [3.05, 3.63) is 162 Å². The van der Waals surface area contributed by atoms with Crippen molar-refractivity contribution in [2.75, 3.05) is 13.4 Å². The summed E-state index contributed by atoms with van der Waals surface area (Å²) in [5.41, 5.74) is 2.40. The minimum atomic E-state index is -4.95. The van der Waals surface area contributed by atoms with E-state index in [0.29, 0.717) is 47.5 Å². The highest BCUT2D eigenvalue weighted by Crippen LogP contribution is 2.36. The van der Waals surface area contributed by atoms with Gasteiger partial charge in [-0.25, -0.2) is 22.1 Å². The second-order valence-electron chi connectivity index (χ2n) is 14.0. The topological polar surface area (TPSA) is 243 Å². The molecule has 16 nitrogen and oxygen atoms in total. The summed E-state index contributed by atoms with van der Waals surface area (Å²) >= 11 is 0.562. The highest BCUT2D eigenvalue weighted by molar-refractivity contribution is 7.94. The molecule has 0 spiro atoms. The van der Waals surface area contributed by atoms with Crippen molar-refractivity contribution >= 4 is 62.7 Å². The SMILES string of the molecule is COc1ccc(Oc2ccc(S(=O)(=O)c3ccc(Cc4ccc5cc(Oc6ccc(S(=O)(=O)c7ccc(C)cc7)cc6)ccc5c4)c(SOOO)c3)cc2S(=O)(=O)O)cc1.CS(=O)(=O)O. The minimum Gasteiger partial charge on any atom is -0.497 e. The normalized spacial score (nSPS) is 12.0. The van der Waals surface area contributed by atoms with Gasteiger partial charge in [-0.2, -0.15) is 16.8 Å². The Bertz CT molecular complexity index is 3280. The molecule has 21 heteroatoms. The van der Waals surface area contributed by atoms with E-state index in [1.807, 2.05) is 37.3 Å². The molecule has 0 aliphatic heterocycles. The predicted molar refractivity (Wildman–Crippen MR) is 239 cm³/mol. The molecule has 0 aliphatic carbocycles. The molecule has 3 N–H and O–H groups in total. The number of hydrogen-bond acceptors (Lipinski definition) is 15. The van der Waals surface area contributed by atoms with Crippen molar-refractivity contribution in [3.63, 3.8) is 0 Å². The summed E-state index contributed by atoms with van der Waals surface area (Å²) in [6.45, 7) is 1.89. The molecule has 0 fully saturated rings. The predicted octanol–water partition coefficient (Wildman–Crippen LogP) is 9.18. The summed E-state index contributed by atoms with van der Waals surface area (Å²) in [6.07, 6.45) is 1.01. The van der Waals surface area contributed by atoms with E-state index in [1.165, 1.54) is 43.5 Å². The summed E-state index contributed by atoms with van der Waals surface area (Å²) in [7, 11) is -15.2. The molecular formula is C44H38O16S5. The van der Waals surface area contributed by atoms with Crippen LogP contribution in [0.2, 0.25) is 0 Å². The van der Waals surface area contributed by atoms with Crippen LogP contribution in [0, 0.1) is 6.92 Å². The van der Waals surface area contributed by atoms with Crippen LogP contribution in [0.15, 0.2) is 175 Å². The Labute approximate surface area is 379 Å². The molecule has 0 unspecified atom stereocenters. The van der Waals surface area contributed by atoms with Gasteiger partial charge in [-0.05, 0) is 138 Å². The zero-order valence-electron chi connectivity index (χ0n) is 34.3. The molecule has 7 rings (SSSR count). The molecular weight excluding hydrogens is 945 g/mol. The number of fused-ring (bicyclic) bond motifs is 1. The lowest BCUT2D eigenvalue weighted by Crippen LogP contribution is -2.07. The van der Waals surface area contributed by atoms with Crippen LogP contribution in [0.1, 0.15) is 16.7 Å². The van der Waals surface area contributed by atoms with E-state index < -0.39 is 49.7 Å². The summed E-state index contributed by atoms with van der Waals surface area (Å²) < 4.78 is 136. The summed E-state index contributed by atoms with van der Waals surface area (Å²) in [6, 6.07) is 37.5. The fourth-order valence-corrected chi connectivity index (χ4v) is 10.1. The van der Waals surface area contributed by atoms with E-state index in [9.17, 15) is 38.2 Å². The maximum atomic E-state index is 13.9. The first-order chi connectivity index (χ1) is 30.6. The molecule has 7 aromatic rings. The third-order valence-corrected chi connectivity index (χ3v) is 14.4. The summed E-state index contributed by atoms with van der Waals surface area (Å²) in [4.78, 5) is -0.831. The third-order valence-electron chi connectivity index (χ3n) is 9.27. The second-order valence-corrected chi connectivity index (χ2v) is 21.5. The van der Waals surface area contributed by atoms with Gasteiger partial charge >= 0.3 is 0 Å². The standard InChI is InChI=1S/C43H34O13S4.CH4O3S/c1-28-3-16-37(17-4-28)58(45,46)38-19-14-34(15-20-38)53-36-9-7-30-23-29(5-6-31(30)25-36)24-32-8-18-39(26-42(32)57-56-55-44)59(47,48)40-21-22-41(43(27-40)60(49,50)51)54-35-12-10-33(52-2)11-13-35;1-5(2,3)4/h3-23,25-27,44H,24H2,1-2H3,(H,49,50,51);1H3,(H,2,3,4). The van der Waals surface area contributed by atoms with Gasteiger partial charge in [-0.3, -0.25) is 9.11 Å². The van der Waals surface area contributed by atoms with Gasteiger partial charge in [0, 0.05) is 4.90 Å². The van der Waals surface area contributed by atoms with Gasteiger partial charge in [0.15, 0.2) is 0 Å². The smallest absolute Gasteiger partial charge is 0.298 e. The van der Waals surface area contributed by atoms with E-state index in [4.69, 9.17) is 28.4 Å². The number of hydrogen-bond donors (Lipinski definition) is 3. The van der Waals surface area contributed by atoms with Gasteiger partial charge in [0.05, 0.1) is 45.0 Å². The van der Waals surface area contributed by atoms with E-state index in [0.717, 1.165) is 40.1 Å². The fraction of sp³-hybridized carbons (Fsp3) is 0.0909. The van der Waals surface area contributed by atoms with Crippen LogP contribution < -0.4 is 14.2 Å². The fourth-order valence-electron chi connectivity index (χ4n) is 6.17. The lowest BCUT2D eigenvalue weighted by molar-refractivity contribution is -0.432. The first kappa shape index (κ1) is 48.6. The van der Waals surface area contributed by atoms with Crippen molar-refractivity contribution < 1.29 is 71.6 Å². The van der Waals surface area contributed by atoms with E-state index >= 15 is 0 Å². The molecule has 0 bridgehead atoms. The van der Waals surface area contributed by atoms with Crippen molar-refractivity contribution in [2.24, 2.45) is 0 Å². The first-order valence-corrected chi connectivity index (χ1v) is 25.6. The van der Waals surface area contributed by atoms with Crippen LogP contribution in [0.3, 0.4) is 0 Å². The van der Waals surface area contributed by atoms with Crippen molar-refractivity contribution in [1.82, 2.24) is 0 Å². The lowest BCUT2D eigenvalue weighted by atomic mass is 10.0. The quantitative estimate of drug-likeness (QED) is 0.0375. The molecule has 0 saturated carbocycles. The van der Waals surface area contributed by atoms with Crippen LogP contribution in [-0.2, 0) is 55.7 Å². The third kappa shape index (κ3) is 12.7. The average molecular weight is 983 g/mol. The van der Waals surface area contributed by atoms with Crippen molar-refractivity contribution in [2.45, 2.75) is 42.7 Å². The Hall–Kier alpha value is -5.85. The Morgan fingerprint density at radius 1 is 0.538 bits per heavy atom. The number of ether oxygens (including phenoxy) is 3. The van der Waals surface area contributed by atoms with Gasteiger partial charge in [0.2, 0.25) is 19.7 Å². The van der Waals surface area contributed by atoms with Gasteiger partial charge < -0.3 is 14.2 Å². The average Bonchev–Trinajstić information content (AvgIpc) is 3.26. The molecule has 0 amide bonds. The van der Waals surface area contributed by atoms with Gasteiger partial charge in [-0.1, -0.05) is 53.1 Å². The van der Waals surface area contributed by atoms with Gasteiger partial charge in [0.25, 0.3) is 20.2 Å².